The van der Waals surface area contributed by atoms with Crippen molar-refractivity contribution < 1.29 is 22.7 Å². The largest absolute Gasteiger partial charge is 0.451 e. The number of carbonyl (C=O) groups excluding carboxylic acids is 1. The summed E-state index contributed by atoms with van der Waals surface area (Å²) in [4.78, 5) is 11.6. The number of hydrogen-bond acceptors (Lipinski definition) is 5. The Bertz CT molecular complexity index is 500. The SMILES string of the molecule is Cn1c(SCC(=O)NCC2CCCO2)nnc1C(F)(F)F. The molecule has 0 saturated carbocycles. The maximum absolute atomic E-state index is 12.5. The zero-order valence-electron chi connectivity index (χ0n) is 11.3. The van der Waals surface area contributed by atoms with Gasteiger partial charge < -0.3 is 14.6 Å². The Morgan fingerprint density at radius 3 is 2.86 bits per heavy atom. The number of amides is 1. The van der Waals surface area contributed by atoms with Crippen LogP contribution in [0.2, 0.25) is 0 Å². The molecule has 0 radical (unpaired) electrons. The fourth-order valence-electron chi connectivity index (χ4n) is 1.90. The van der Waals surface area contributed by atoms with Gasteiger partial charge in [0, 0.05) is 20.2 Å². The van der Waals surface area contributed by atoms with Crippen LogP contribution in [0, 0.1) is 0 Å². The average Bonchev–Trinajstić information content (AvgIpc) is 3.02. The van der Waals surface area contributed by atoms with E-state index in [0.717, 1.165) is 29.2 Å². The van der Waals surface area contributed by atoms with Crippen LogP contribution >= 0.6 is 11.8 Å². The Morgan fingerprint density at radius 1 is 1.52 bits per heavy atom. The molecule has 0 spiro atoms. The number of nitrogens with one attached hydrogen (secondary N) is 1. The van der Waals surface area contributed by atoms with Gasteiger partial charge in [0.2, 0.25) is 11.7 Å². The van der Waals surface area contributed by atoms with Crippen molar-refractivity contribution in [3.63, 3.8) is 0 Å². The van der Waals surface area contributed by atoms with Crippen molar-refractivity contribution in [3.05, 3.63) is 5.82 Å². The lowest BCUT2D eigenvalue weighted by Gasteiger charge is -2.10. The first kappa shape index (κ1) is 16.1. The molecule has 1 aliphatic heterocycles. The van der Waals surface area contributed by atoms with Gasteiger partial charge in [-0.25, -0.2) is 0 Å². The molecule has 1 aliphatic rings. The first-order valence-electron chi connectivity index (χ1n) is 6.35. The molecule has 6 nitrogen and oxygen atoms in total. The fourth-order valence-corrected chi connectivity index (χ4v) is 2.64. The molecule has 0 aliphatic carbocycles. The topological polar surface area (TPSA) is 69.0 Å². The highest BCUT2D eigenvalue weighted by Crippen LogP contribution is 2.29. The summed E-state index contributed by atoms with van der Waals surface area (Å²) < 4.78 is 43.8. The summed E-state index contributed by atoms with van der Waals surface area (Å²) >= 11 is 0.911. The number of thioether (sulfide) groups is 1. The van der Waals surface area contributed by atoms with E-state index in [2.05, 4.69) is 15.5 Å². The molecule has 2 heterocycles. The summed E-state index contributed by atoms with van der Waals surface area (Å²) in [6, 6.07) is 0. The van der Waals surface area contributed by atoms with E-state index in [1.807, 2.05) is 0 Å². The number of hydrogen-bond donors (Lipinski definition) is 1. The summed E-state index contributed by atoms with van der Waals surface area (Å²) in [7, 11) is 1.22. The van der Waals surface area contributed by atoms with Crippen molar-refractivity contribution >= 4 is 17.7 Å². The number of aromatic nitrogens is 3. The predicted molar refractivity (Wildman–Crippen MR) is 68.7 cm³/mol. The Kier molecular flexibility index (Phi) is 5.09. The van der Waals surface area contributed by atoms with Crippen LogP contribution in [-0.2, 0) is 22.8 Å². The zero-order chi connectivity index (χ0) is 15.5. The van der Waals surface area contributed by atoms with Crippen molar-refractivity contribution in [2.75, 3.05) is 18.9 Å². The highest BCUT2D eigenvalue weighted by molar-refractivity contribution is 7.99. The van der Waals surface area contributed by atoms with E-state index in [9.17, 15) is 18.0 Å². The first-order chi connectivity index (χ1) is 9.88. The van der Waals surface area contributed by atoms with Gasteiger partial charge in [-0.1, -0.05) is 11.8 Å². The second-order valence-corrected chi connectivity index (χ2v) is 5.53. The molecule has 2 rings (SSSR count). The minimum Gasteiger partial charge on any atom is -0.376 e. The molecule has 0 bridgehead atoms. The molecule has 1 amide bonds. The third-order valence-corrected chi connectivity index (χ3v) is 3.99. The third-order valence-electron chi connectivity index (χ3n) is 2.97. The number of rotatable bonds is 5. The molecule has 1 aromatic heterocycles. The summed E-state index contributed by atoms with van der Waals surface area (Å²) in [5.74, 6) is -1.37. The molecule has 21 heavy (non-hydrogen) atoms. The highest BCUT2D eigenvalue weighted by atomic mass is 32.2. The van der Waals surface area contributed by atoms with Crippen LogP contribution in [0.5, 0.6) is 0 Å². The van der Waals surface area contributed by atoms with Gasteiger partial charge in [0.25, 0.3) is 0 Å². The second kappa shape index (κ2) is 6.65. The quantitative estimate of drug-likeness (QED) is 0.825. The lowest BCUT2D eigenvalue weighted by Crippen LogP contribution is -2.32. The Hall–Kier alpha value is -1.29. The van der Waals surface area contributed by atoms with Gasteiger partial charge in [-0.3, -0.25) is 4.79 Å². The van der Waals surface area contributed by atoms with E-state index < -0.39 is 12.0 Å². The van der Waals surface area contributed by atoms with E-state index >= 15 is 0 Å². The third kappa shape index (κ3) is 4.34. The Morgan fingerprint density at radius 2 is 2.29 bits per heavy atom. The number of nitrogens with zero attached hydrogens (tertiary/aromatic N) is 3. The van der Waals surface area contributed by atoms with E-state index in [0.29, 0.717) is 13.2 Å². The van der Waals surface area contributed by atoms with Gasteiger partial charge >= 0.3 is 6.18 Å². The van der Waals surface area contributed by atoms with Gasteiger partial charge in [-0.15, -0.1) is 10.2 Å². The van der Waals surface area contributed by atoms with Crippen LogP contribution in [-0.4, -0.2) is 45.7 Å². The van der Waals surface area contributed by atoms with Gasteiger partial charge in [0.05, 0.1) is 11.9 Å². The van der Waals surface area contributed by atoms with E-state index in [1.54, 1.807) is 0 Å². The Balaban J connectivity index is 1.80. The second-order valence-electron chi connectivity index (χ2n) is 4.59. The van der Waals surface area contributed by atoms with Crippen molar-refractivity contribution in [3.8, 4) is 0 Å². The molecule has 118 valence electrons. The molecule has 0 aromatic carbocycles. The maximum Gasteiger partial charge on any atom is 0.451 e. The minimum atomic E-state index is -4.55. The van der Waals surface area contributed by atoms with Crippen molar-refractivity contribution in [2.24, 2.45) is 7.05 Å². The number of halogens is 3. The van der Waals surface area contributed by atoms with Crippen LogP contribution in [0.1, 0.15) is 18.7 Å². The maximum atomic E-state index is 12.5. The molecule has 1 atom stereocenters. The molecule has 1 fully saturated rings. The molecule has 1 N–H and O–H groups in total. The van der Waals surface area contributed by atoms with E-state index in [-0.39, 0.29) is 22.9 Å². The van der Waals surface area contributed by atoms with Crippen molar-refractivity contribution in [2.45, 2.75) is 30.3 Å². The zero-order valence-corrected chi connectivity index (χ0v) is 12.1. The lowest BCUT2D eigenvalue weighted by atomic mass is 10.2. The number of ether oxygens (including phenoxy) is 1. The van der Waals surface area contributed by atoms with Gasteiger partial charge in [-0.05, 0) is 12.8 Å². The monoisotopic (exact) mass is 324 g/mol. The number of alkyl halides is 3. The molecule has 1 saturated heterocycles. The van der Waals surface area contributed by atoms with Gasteiger partial charge in [0.1, 0.15) is 0 Å². The first-order valence-corrected chi connectivity index (χ1v) is 7.34. The van der Waals surface area contributed by atoms with Crippen LogP contribution in [0.3, 0.4) is 0 Å². The fraction of sp³-hybridized carbons (Fsp3) is 0.727. The molecule has 10 heteroatoms. The molecule has 1 unspecified atom stereocenters. The normalized spacial score (nSPS) is 19.0. The summed E-state index contributed by atoms with van der Waals surface area (Å²) in [5.41, 5.74) is 0. The van der Waals surface area contributed by atoms with Crippen LogP contribution in [0.4, 0.5) is 13.2 Å². The molecule has 1 aromatic rings. The van der Waals surface area contributed by atoms with Crippen molar-refractivity contribution in [1.29, 1.82) is 0 Å². The Labute approximate surface area is 123 Å². The minimum absolute atomic E-state index is 0.0173. The van der Waals surface area contributed by atoms with Gasteiger partial charge in [-0.2, -0.15) is 13.2 Å². The number of carbonyl (C=O) groups is 1. The van der Waals surface area contributed by atoms with Crippen molar-refractivity contribution in [1.82, 2.24) is 20.1 Å². The lowest BCUT2D eigenvalue weighted by molar-refractivity contribution is -0.147. The predicted octanol–water partition coefficient (Wildman–Crippen LogP) is 1.22. The standard InChI is InChI=1S/C11H15F3N4O2S/c1-18-9(11(12,13)14)16-17-10(18)21-6-8(19)15-5-7-3-2-4-20-7/h7H,2-6H2,1H3,(H,15,19). The molecular formula is C11H15F3N4O2S. The van der Waals surface area contributed by atoms with E-state index in [4.69, 9.17) is 4.74 Å². The van der Waals surface area contributed by atoms with Crippen LogP contribution in [0.15, 0.2) is 5.16 Å². The smallest absolute Gasteiger partial charge is 0.376 e. The molecular weight excluding hydrogens is 309 g/mol. The van der Waals surface area contributed by atoms with Gasteiger partial charge in [0.15, 0.2) is 5.16 Å². The van der Waals surface area contributed by atoms with Crippen LogP contribution < -0.4 is 5.32 Å². The van der Waals surface area contributed by atoms with Crippen LogP contribution in [0.25, 0.3) is 0 Å². The average molecular weight is 324 g/mol. The highest BCUT2D eigenvalue weighted by Gasteiger charge is 2.37. The van der Waals surface area contributed by atoms with E-state index in [1.165, 1.54) is 7.05 Å². The summed E-state index contributed by atoms with van der Waals surface area (Å²) in [5, 5.41) is 9.27. The summed E-state index contributed by atoms with van der Waals surface area (Å²) in [6.07, 6.45) is -2.63. The summed E-state index contributed by atoms with van der Waals surface area (Å²) in [6.45, 7) is 1.13.